The van der Waals surface area contributed by atoms with Gasteiger partial charge in [0, 0.05) is 10.5 Å². The van der Waals surface area contributed by atoms with Gasteiger partial charge >= 0.3 is 0 Å². The van der Waals surface area contributed by atoms with Crippen LogP contribution in [0.25, 0.3) is 0 Å². The van der Waals surface area contributed by atoms with Gasteiger partial charge in [0.2, 0.25) is 0 Å². The van der Waals surface area contributed by atoms with E-state index in [1.807, 2.05) is 6.07 Å². The van der Waals surface area contributed by atoms with Crippen LogP contribution in [0, 0.1) is 0 Å². The van der Waals surface area contributed by atoms with Gasteiger partial charge in [0.1, 0.15) is 0 Å². The van der Waals surface area contributed by atoms with Gasteiger partial charge in [-0.1, -0.05) is 6.07 Å². The molecule has 1 aliphatic rings. The van der Waals surface area contributed by atoms with Gasteiger partial charge in [0.15, 0.2) is 0 Å². The molecule has 80 valence electrons. The molecule has 0 spiro atoms. The molecule has 1 fully saturated rings. The van der Waals surface area contributed by atoms with Crippen molar-refractivity contribution in [3.05, 3.63) is 29.8 Å². The van der Waals surface area contributed by atoms with E-state index in [0.717, 1.165) is 17.7 Å². The highest BCUT2D eigenvalue weighted by molar-refractivity contribution is 7.80. The zero-order chi connectivity index (χ0) is 10.9. The Morgan fingerprint density at radius 1 is 1.53 bits per heavy atom. The average Bonchev–Trinajstić information content (AvgIpc) is 2.98. The minimum atomic E-state index is -0.357. The van der Waals surface area contributed by atoms with Crippen LogP contribution in [0.5, 0.6) is 0 Å². The molecular formula is C11H13NO2S. The molecule has 15 heavy (non-hydrogen) atoms. The lowest BCUT2D eigenvalue weighted by Gasteiger charge is -2.14. The lowest BCUT2D eigenvalue weighted by Crippen LogP contribution is -2.39. The van der Waals surface area contributed by atoms with Crippen LogP contribution in [0.1, 0.15) is 23.2 Å². The van der Waals surface area contributed by atoms with Gasteiger partial charge in [0.25, 0.3) is 5.91 Å². The summed E-state index contributed by atoms with van der Waals surface area (Å²) in [6, 6.07) is 7.06. The van der Waals surface area contributed by atoms with Crippen molar-refractivity contribution >= 4 is 18.5 Å². The molecule has 1 amide bonds. The quantitative estimate of drug-likeness (QED) is 0.675. The number of hydrogen-bond acceptors (Lipinski definition) is 3. The number of amides is 1. The molecule has 0 radical (unpaired) electrons. The third kappa shape index (κ3) is 2.33. The topological polar surface area (TPSA) is 49.3 Å². The molecule has 0 atom stereocenters. The van der Waals surface area contributed by atoms with Gasteiger partial charge in [-0.25, -0.2) is 0 Å². The van der Waals surface area contributed by atoms with Gasteiger partial charge in [-0.05, 0) is 31.0 Å². The highest BCUT2D eigenvalue weighted by Gasteiger charge is 2.43. The van der Waals surface area contributed by atoms with E-state index >= 15 is 0 Å². The highest BCUT2D eigenvalue weighted by Crippen LogP contribution is 2.34. The Balaban J connectivity index is 2.08. The van der Waals surface area contributed by atoms with Crippen LogP contribution >= 0.6 is 12.6 Å². The summed E-state index contributed by atoms with van der Waals surface area (Å²) < 4.78 is 0. The minimum absolute atomic E-state index is 0.0132. The smallest absolute Gasteiger partial charge is 0.251 e. The SMILES string of the molecule is O=C(NC1(CO)CC1)c1cccc(S)c1. The number of aliphatic hydroxyl groups excluding tert-OH is 1. The van der Waals surface area contributed by atoms with Gasteiger partial charge in [-0.3, -0.25) is 4.79 Å². The number of thiol groups is 1. The van der Waals surface area contributed by atoms with Crippen molar-refractivity contribution in [2.45, 2.75) is 23.3 Å². The number of nitrogens with one attached hydrogen (secondary N) is 1. The van der Waals surface area contributed by atoms with E-state index in [1.54, 1.807) is 18.2 Å². The number of aliphatic hydroxyl groups is 1. The van der Waals surface area contributed by atoms with E-state index in [0.29, 0.717) is 5.56 Å². The van der Waals surface area contributed by atoms with Crippen molar-refractivity contribution < 1.29 is 9.90 Å². The van der Waals surface area contributed by atoms with Gasteiger partial charge in [-0.15, -0.1) is 12.6 Å². The van der Waals surface area contributed by atoms with Crippen LogP contribution < -0.4 is 5.32 Å². The fourth-order valence-electron chi connectivity index (χ4n) is 1.43. The third-order valence-corrected chi connectivity index (χ3v) is 2.92. The van der Waals surface area contributed by atoms with Crippen molar-refractivity contribution in [1.82, 2.24) is 5.32 Å². The van der Waals surface area contributed by atoms with E-state index < -0.39 is 0 Å². The second-order valence-corrected chi connectivity index (χ2v) is 4.46. The number of carbonyl (C=O) groups excluding carboxylic acids is 1. The zero-order valence-electron chi connectivity index (χ0n) is 8.23. The Kier molecular flexibility index (Phi) is 2.71. The molecule has 0 aliphatic heterocycles. The minimum Gasteiger partial charge on any atom is -0.394 e. The molecule has 2 N–H and O–H groups in total. The molecule has 0 saturated heterocycles. The first kappa shape index (κ1) is 10.5. The predicted molar refractivity (Wildman–Crippen MR) is 60.2 cm³/mol. The van der Waals surface area contributed by atoms with Crippen molar-refractivity contribution in [3.8, 4) is 0 Å². The van der Waals surface area contributed by atoms with Crippen molar-refractivity contribution in [3.63, 3.8) is 0 Å². The molecule has 1 saturated carbocycles. The lowest BCUT2D eigenvalue weighted by atomic mass is 10.2. The average molecular weight is 223 g/mol. The van der Waals surface area contributed by atoms with Crippen LogP contribution in [0.2, 0.25) is 0 Å². The molecule has 1 aromatic carbocycles. The molecule has 4 heteroatoms. The summed E-state index contributed by atoms with van der Waals surface area (Å²) in [6.07, 6.45) is 1.71. The second kappa shape index (κ2) is 3.87. The molecule has 1 aliphatic carbocycles. The van der Waals surface area contributed by atoms with Crippen LogP contribution in [0.3, 0.4) is 0 Å². The Hall–Kier alpha value is -1.00. The maximum Gasteiger partial charge on any atom is 0.251 e. The fourth-order valence-corrected chi connectivity index (χ4v) is 1.66. The first-order valence-electron chi connectivity index (χ1n) is 4.88. The summed E-state index contributed by atoms with van der Waals surface area (Å²) in [5, 5.41) is 11.9. The second-order valence-electron chi connectivity index (χ2n) is 3.94. The first-order valence-corrected chi connectivity index (χ1v) is 5.32. The Labute approximate surface area is 93.9 Å². The Morgan fingerprint density at radius 3 is 2.80 bits per heavy atom. The highest BCUT2D eigenvalue weighted by atomic mass is 32.1. The molecule has 2 rings (SSSR count). The summed E-state index contributed by atoms with van der Waals surface area (Å²) >= 11 is 4.17. The molecule has 0 heterocycles. The summed E-state index contributed by atoms with van der Waals surface area (Å²) in [4.78, 5) is 12.5. The summed E-state index contributed by atoms with van der Waals surface area (Å²) in [7, 11) is 0. The molecule has 0 unspecified atom stereocenters. The summed E-state index contributed by atoms with van der Waals surface area (Å²) in [5.74, 6) is -0.141. The standard InChI is InChI=1S/C11H13NO2S/c13-7-11(4-5-11)12-10(14)8-2-1-3-9(15)6-8/h1-3,6,13,15H,4-5,7H2,(H,12,14). The van der Waals surface area contributed by atoms with Crippen LogP contribution in [-0.4, -0.2) is 23.2 Å². The number of carbonyl (C=O) groups is 1. The van der Waals surface area contributed by atoms with Crippen LogP contribution in [0.15, 0.2) is 29.2 Å². The number of hydrogen-bond donors (Lipinski definition) is 3. The number of benzene rings is 1. The molecule has 0 bridgehead atoms. The zero-order valence-corrected chi connectivity index (χ0v) is 9.13. The molecule has 1 aromatic rings. The lowest BCUT2D eigenvalue weighted by molar-refractivity contribution is 0.0906. The van der Waals surface area contributed by atoms with Crippen molar-refractivity contribution in [2.24, 2.45) is 0 Å². The monoisotopic (exact) mass is 223 g/mol. The molecule has 0 aromatic heterocycles. The maximum absolute atomic E-state index is 11.8. The summed E-state index contributed by atoms with van der Waals surface area (Å²) in [5.41, 5.74) is 0.228. The van der Waals surface area contributed by atoms with E-state index in [9.17, 15) is 4.79 Å². The van der Waals surface area contributed by atoms with E-state index in [2.05, 4.69) is 17.9 Å². The third-order valence-electron chi connectivity index (χ3n) is 2.64. The van der Waals surface area contributed by atoms with Crippen LogP contribution in [0.4, 0.5) is 0 Å². The molecular weight excluding hydrogens is 210 g/mol. The normalized spacial score (nSPS) is 17.2. The van der Waals surface area contributed by atoms with Gasteiger partial charge in [-0.2, -0.15) is 0 Å². The number of rotatable bonds is 3. The maximum atomic E-state index is 11.8. The molecule has 3 nitrogen and oxygen atoms in total. The predicted octanol–water partition coefficient (Wildman–Crippen LogP) is 1.23. The van der Waals surface area contributed by atoms with Gasteiger partial charge < -0.3 is 10.4 Å². The van der Waals surface area contributed by atoms with E-state index in [-0.39, 0.29) is 18.1 Å². The van der Waals surface area contributed by atoms with Crippen molar-refractivity contribution in [1.29, 1.82) is 0 Å². The summed E-state index contributed by atoms with van der Waals surface area (Å²) in [6.45, 7) is 0.0132. The first-order chi connectivity index (χ1) is 7.15. The Bertz CT molecular complexity index is 388. The van der Waals surface area contributed by atoms with Crippen LogP contribution in [-0.2, 0) is 0 Å². The van der Waals surface area contributed by atoms with E-state index in [4.69, 9.17) is 5.11 Å². The van der Waals surface area contributed by atoms with Gasteiger partial charge in [0.05, 0.1) is 12.1 Å². The fraction of sp³-hybridized carbons (Fsp3) is 0.364. The Morgan fingerprint density at radius 2 is 2.27 bits per heavy atom. The largest absolute Gasteiger partial charge is 0.394 e. The van der Waals surface area contributed by atoms with E-state index in [1.165, 1.54) is 0 Å². The van der Waals surface area contributed by atoms with Crippen molar-refractivity contribution in [2.75, 3.05) is 6.61 Å².